The molecule has 1 aromatic carbocycles. The topological polar surface area (TPSA) is 85.6 Å². The van der Waals surface area contributed by atoms with Crippen molar-refractivity contribution in [2.24, 2.45) is 0 Å². The summed E-state index contributed by atoms with van der Waals surface area (Å²) in [5, 5.41) is 6.97. The highest BCUT2D eigenvalue weighted by Gasteiger charge is 2.20. The van der Waals surface area contributed by atoms with Crippen LogP contribution in [0.1, 0.15) is 28.5 Å². The van der Waals surface area contributed by atoms with Gasteiger partial charge in [-0.25, -0.2) is 14.3 Å². The Morgan fingerprint density at radius 1 is 1.24 bits per heavy atom. The van der Waals surface area contributed by atoms with Crippen molar-refractivity contribution in [3.8, 4) is 0 Å². The number of nitrogens with one attached hydrogen (secondary N) is 1. The lowest BCUT2D eigenvalue weighted by molar-refractivity contribution is -0.119. The van der Waals surface area contributed by atoms with Crippen LogP contribution in [0.4, 0.5) is 5.69 Å². The number of nitrogens with zero attached hydrogens (tertiary/aromatic N) is 3. The summed E-state index contributed by atoms with van der Waals surface area (Å²) in [4.78, 5) is 28.5. The number of rotatable bonds is 5. The highest BCUT2D eigenvalue weighted by Crippen LogP contribution is 2.16. The largest absolute Gasteiger partial charge is 0.452 e. The number of carbonyl (C=O) groups is 2. The number of amides is 1. The summed E-state index contributed by atoms with van der Waals surface area (Å²) < 4.78 is 6.64. The van der Waals surface area contributed by atoms with Gasteiger partial charge in [-0.15, -0.1) is 0 Å². The Hall–Kier alpha value is -3.22. The smallest absolute Gasteiger partial charge is 0.344 e. The van der Waals surface area contributed by atoms with E-state index >= 15 is 0 Å². The highest BCUT2D eigenvalue weighted by molar-refractivity contribution is 5.99. The fourth-order valence-corrected chi connectivity index (χ4v) is 2.58. The van der Waals surface area contributed by atoms with Crippen molar-refractivity contribution < 1.29 is 14.3 Å². The molecule has 0 unspecified atom stereocenters. The summed E-state index contributed by atoms with van der Waals surface area (Å²) in [6.45, 7) is 3.33. The van der Waals surface area contributed by atoms with Gasteiger partial charge in [-0.05, 0) is 31.0 Å². The molecule has 0 aliphatic carbocycles. The highest BCUT2D eigenvalue weighted by atomic mass is 16.5. The first-order chi connectivity index (χ1) is 12.1. The lowest BCUT2D eigenvalue weighted by Crippen LogP contribution is -2.21. The number of ether oxygens (including phenoxy) is 1. The minimum atomic E-state index is -0.620. The van der Waals surface area contributed by atoms with Crippen LogP contribution in [0.25, 0.3) is 5.65 Å². The Labute approximate surface area is 144 Å². The maximum atomic E-state index is 12.3. The molecule has 1 N–H and O–H groups in total. The van der Waals surface area contributed by atoms with Crippen molar-refractivity contribution in [1.29, 1.82) is 0 Å². The molecule has 0 radical (unpaired) electrons. The Balaban J connectivity index is 1.67. The molecule has 3 rings (SSSR count). The van der Waals surface area contributed by atoms with Gasteiger partial charge >= 0.3 is 5.97 Å². The maximum Gasteiger partial charge on any atom is 0.344 e. The summed E-state index contributed by atoms with van der Waals surface area (Å²) in [6.07, 6.45) is 4.06. The molecule has 7 nitrogen and oxygen atoms in total. The van der Waals surface area contributed by atoms with Crippen molar-refractivity contribution in [1.82, 2.24) is 14.6 Å². The normalized spacial score (nSPS) is 10.6. The van der Waals surface area contributed by atoms with Gasteiger partial charge in [0.15, 0.2) is 12.3 Å². The van der Waals surface area contributed by atoms with Gasteiger partial charge in [0.1, 0.15) is 5.56 Å². The number of anilines is 1. The van der Waals surface area contributed by atoms with Crippen LogP contribution >= 0.6 is 0 Å². The first-order valence-corrected chi connectivity index (χ1v) is 7.95. The van der Waals surface area contributed by atoms with Crippen LogP contribution in [0.3, 0.4) is 0 Å². The van der Waals surface area contributed by atoms with Crippen molar-refractivity contribution in [2.45, 2.75) is 20.3 Å². The van der Waals surface area contributed by atoms with Crippen LogP contribution in [0, 0.1) is 6.92 Å². The molecule has 7 heteroatoms. The SMILES string of the molecule is CCc1ccccc1NC(=O)COC(=O)c1c(C)nn2cccnc12. The minimum Gasteiger partial charge on any atom is -0.452 e. The van der Waals surface area contributed by atoms with Gasteiger partial charge in [0.05, 0.1) is 5.69 Å². The third kappa shape index (κ3) is 3.50. The van der Waals surface area contributed by atoms with Gasteiger partial charge in [-0.1, -0.05) is 25.1 Å². The van der Waals surface area contributed by atoms with E-state index < -0.39 is 11.9 Å². The van der Waals surface area contributed by atoms with Gasteiger partial charge < -0.3 is 10.1 Å². The Kier molecular flexibility index (Phi) is 4.74. The second kappa shape index (κ2) is 7.12. The van der Waals surface area contributed by atoms with E-state index in [1.54, 1.807) is 25.4 Å². The second-order valence-electron chi connectivity index (χ2n) is 5.48. The standard InChI is InChI=1S/C18H18N4O3/c1-3-13-7-4-5-8-14(13)20-15(23)11-25-18(24)16-12(2)21-22-10-6-9-19-17(16)22/h4-10H,3,11H2,1-2H3,(H,20,23). The molecule has 25 heavy (non-hydrogen) atoms. The predicted octanol–water partition coefficient (Wildman–Crippen LogP) is 2.40. The van der Waals surface area contributed by atoms with Crippen LogP contribution < -0.4 is 5.32 Å². The maximum absolute atomic E-state index is 12.3. The zero-order valence-corrected chi connectivity index (χ0v) is 14.0. The number of esters is 1. The molecule has 3 aromatic rings. The van der Waals surface area contributed by atoms with E-state index in [2.05, 4.69) is 15.4 Å². The van der Waals surface area contributed by atoms with Gasteiger partial charge in [-0.2, -0.15) is 5.10 Å². The number of aromatic nitrogens is 3. The van der Waals surface area contributed by atoms with Crippen LogP contribution in [0.5, 0.6) is 0 Å². The molecule has 0 atom stereocenters. The lowest BCUT2D eigenvalue weighted by Gasteiger charge is -2.10. The van der Waals surface area contributed by atoms with Crippen LogP contribution in [-0.2, 0) is 16.0 Å². The van der Waals surface area contributed by atoms with E-state index in [1.807, 2.05) is 31.2 Å². The third-order valence-corrected chi connectivity index (χ3v) is 3.78. The van der Waals surface area contributed by atoms with E-state index in [9.17, 15) is 9.59 Å². The summed E-state index contributed by atoms with van der Waals surface area (Å²) in [7, 11) is 0. The first-order valence-electron chi connectivity index (χ1n) is 7.95. The molecule has 0 spiro atoms. The zero-order chi connectivity index (χ0) is 17.8. The molecule has 0 saturated carbocycles. The molecule has 0 aliphatic heterocycles. The first kappa shape index (κ1) is 16.6. The Morgan fingerprint density at radius 2 is 2.04 bits per heavy atom. The lowest BCUT2D eigenvalue weighted by atomic mass is 10.1. The zero-order valence-electron chi connectivity index (χ0n) is 14.0. The number of hydrogen-bond donors (Lipinski definition) is 1. The molecule has 0 fully saturated rings. The van der Waals surface area contributed by atoms with Crippen molar-refractivity contribution >= 4 is 23.2 Å². The van der Waals surface area contributed by atoms with Gasteiger partial charge in [0.25, 0.3) is 5.91 Å². The van der Waals surface area contributed by atoms with Gasteiger partial charge in [-0.3, -0.25) is 4.79 Å². The number of carbonyl (C=O) groups excluding carboxylic acids is 2. The van der Waals surface area contributed by atoms with Crippen molar-refractivity contribution in [3.63, 3.8) is 0 Å². The molecule has 0 saturated heterocycles. The number of benzene rings is 1. The summed E-state index contributed by atoms with van der Waals surface area (Å²) >= 11 is 0. The number of para-hydroxylation sites is 1. The van der Waals surface area contributed by atoms with E-state index in [1.165, 1.54) is 4.52 Å². The van der Waals surface area contributed by atoms with Crippen molar-refractivity contribution in [3.05, 3.63) is 59.5 Å². The van der Waals surface area contributed by atoms with E-state index in [4.69, 9.17) is 4.74 Å². The molecule has 128 valence electrons. The Morgan fingerprint density at radius 3 is 2.84 bits per heavy atom. The molecule has 2 aromatic heterocycles. The van der Waals surface area contributed by atoms with Crippen LogP contribution in [0.15, 0.2) is 42.7 Å². The fraction of sp³-hybridized carbons (Fsp3) is 0.222. The number of aryl methyl sites for hydroxylation is 2. The summed E-state index contributed by atoms with van der Waals surface area (Å²) in [5.41, 5.74) is 2.91. The quantitative estimate of drug-likeness (QED) is 0.722. The molecule has 1 amide bonds. The third-order valence-electron chi connectivity index (χ3n) is 3.78. The second-order valence-corrected chi connectivity index (χ2v) is 5.48. The average Bonchev–Trinajstić information content (AvgIpc) is 2.96. The Bertz CT molecular complexity index is 933. The monoisotopic (exact) mass is 338 g/mol. The summed E-state index contributed by atoms with van der Waals surface area (Å²) in [5.74, 6) is -1.01. The predicted molar refractivity (Wildman–Crippen MR) is 92.5 cm³/mol. The van der Waals surface area contributed by atoms with Crippen LogP contribution in [0.2, 0.25) is 0 Å². The van der Waals surface area contributed by atoms with E-state index in [0.29, 0.717) is 11.3 Å². The number of hydrogen-bond acceptors (Lipinski definition) is 5. The molecule has 2 heterocycles. The fourth-order valence-electron chi connectivity index (χ4n) is 2.58. The molecule has 0 bridgehead atoms. The number of fused-ring (bicyclic) bond motifs is 1. The van der Waals surface area contributed by atoms with E-state index in [-0.39, 0.29) is 12.2 Å². The molecular formula is C18H18N4O3. The van der Waals surface area contributed by atoms with E-state index in [0.717, 1.165) is 17.7 Å². The van der Waals surface area contributed by atoms with Gasteiger partial charge in [0, 0.05) is 18.1 Å². The minimum absolute atomic E-state index is 0.266. The van der Waals surface area contributed by atoms with Gasteiger partial charge in [0.2, 0.25) is 0 Å². The summed E-state index contributed by atoms with van der Waals surface area (Å²) in [6, 6.07) is 9.23. The van der Waals surface area contributed by atoms with Crippen molar-refractivity contribution in [2.75, 3.05) is 11.9 Å². The van der Waals surface area contributed by atoms with Crippen LogP contribution in [-0.4, -0.2) is 33.1 Å². The average molecular weight is 338 g/mol. The molecular weight excluding hydrogens is 320 g/mol. The molecule has 0 aliphatic rings.